The van der Waals surface area contributed by atoms with Crippen molar-refractivity contribution >= 4 is 34.8 Å². The molecule has 0 aliphatic heterocycles. The molecule has 1 amide bonds. The van der Waals surface area contributed by atoms with E-state index in [0.29, 0.717) is 5.75 Å². The van der Waals surface area contributed by atoms with E-state index in [0.717, 1.165) is 15.8 Å². The van der Waals surface area contributed by atoms with E-state index in [1.165, 1.54) is 20.4 Å². The van der Waals surface area contributed by atoms with Crippen LogP contribution in [0.4, 0.5) is 0 Å². The molecule has 0 saturated heterocycles. The Kier molecular flexibility index (Phi) is 6.82. The summed E-state index contributed by atoms with van der Waals surface area (Å²) in [6.07, 6.45) is 4.20. The lowest BCUT2D eigenvalue weighted by Gasteiger charge is -2.24. The van der Waals surface area contributed by atoms with Gasteiger partial charge in [0.25, 0.3) is 12.2 Å². The SMILES string of the molecule is CON=CC(C)(C)NC(=O)C(OC)Oc1ccc2ncc(SC)cc2c1. The summed E-state index contributed by atoms with van der Waals surface area (Å²) in [4.78, 5) is 22.5. The number of fused-ring (bicyclic) bond motifs is 1. The smallest absolute Gasteiger partial charge is 0.290 e. The van der Waals surface area contributed by atoms with E-state index in [4.69, 9.17) is 9.47 Å². The van der Waals surface area contributed by atoms with Crippen LogP contribution in [0.1, 0.15) is 13.8 Å². The highest BCUT2D eigenvalue weighted by atomic mass is 32.2. The molecular weight excluding hydrogens is 354 g/mol. The maximum Gasteiger partial charge on any atom is 0.290 e. The predicted molar refractivity (Wildman–Crippen MR) is 103 cm³/mol. The summed E-state index contributed by atoms with van der Waals surface area (Å²) in [6, 6.07) is 7.45. The van der Waals surface area contributed by atoms with Gasteiger partial charge in [-0.1, -0.05) is 5.16 Å². The minimum Gasteiger partial charge on any atom is -0.455 e. The number of thioether (sulfide) groups is 1. The van der Waals surface area contributed by atoms with Gasteiger partial charge in [-0.2, -0.15) is 0 Å². The molecule has 26 heavy (non-hydrogen) atoms. The maximum atomic E-state index is 12.4. The molecule has 0 fully saturated rings. The number of methoxy groups -OCH3 is 1. The molecule has 0 aliphatic rings. The zero-order chi connectivity index (χ0) is 19.2. The third-order valence-electron chi connectivity index (χ3n) is 3.46. The van der Waals surface area contributed by atoms with Gasteiger partial charge in [0.05, 0.1) is 17.3 Å². The fourth-order valence-corrected chi connectivity index (χ4v) is 2.60. The van der Waals surface area contributed by atoms with Gasteiger partial charge in [0.1, 0.15) is 12.9 Å². The average Bonchev–Trinajstić information content (AvgIpc) is 2.63. The number of nitrogens with one attached hydrogen (secondary N) is 1. The van der Waals surface area contributed by atoms with E-state index in [1.807, 2.05) is 30.7 Å². The first-order chi connectivity index (χ1) is 12.4. The molecule has 1 aromatic carbocycles. The molecule has 0 aliphatic carbocycles. The molecule has 8 heteroatoms. The van der Waals surface area contributed by atoms with E-state index >= 15 is 0 Å². The van der Waals surface area contributed by atoms with Crippen molar-refractivity contribution in [1.29, 1.82) is 0 Å². The summed E-state index contributed by atoms with van der Waals surface area (Å²) in [5.74, 6) is 0.0963. The van der Waals surface area contributed by atoms with Crippen LogP contribution in [-0.4, -0.2) is 49.4 Å². The molecule has 1 atom stereocenters. The number of nitrogens with zero attached hydrogens (tertiary/aromatic N) is 2. The summed E-state index contributed by atoms with van der Waals surface area (Å²) in [5.41, 5.74) is 0.138. The second-order valence-corrected chi connectivity index (χ2v) is 6.92. The van der Waals surface area contributed by atoms with Crippen LogP contribution in [0, 0.1) is 0 Å². The number of carbonyl (C=O) groups is 1. The largest absolute Gasteiger partial charge is 0.455 e. The second kappa shape index (κ2) is 8.86. The van der Waals surface area contributed by atoms with Crippen LogP contribution in [0.25, 0.3) is 10.9 Å². The average molecular weight is 377 g/mol. The Labute approximate surface area is 157 Å². The van der Waals surface area contributed by atoms with Crippen molar-refractivity contribution in [1.82, 2.24) is 10.3 Å². The number of aromatic nitrogens is 1. The van der Waals surface area contributed by atoms with Crippen molar-refractivity contribution in [3.63, 3.8) is 0 Å². The lowest BCUT2D eigenvalue weighted by molar-refractivity contribution is -0.149. The van der Waals surface area contributed by atoms with Crippen molar-refractivity contribution in [2.75, 3.05) is 20.5 Å². The zero-order valence-corrected chi connectivity index (χ0v) is 16.3. The Hall–Kier alpha value is -2.32. The Morgan fingerprint density at radius 2 is 2.12 bits per heavy atom. The van der Waals surface area contributed by atoms with E-state index < -0.39 is 17.7 Å². The van der Waals surface area contributed by atoms with E-state index in [1.54, 1.807) is 31.7 Å². The highest BCUT2D eigenvalue weighted by Gasteiger charge is 2.26. The number of benzene rings is 1. The maximum absolute atomic E-state index is 12.4. The van der Waals surface area contributed by atoms with Gasteiger partial charge in [-0.25, -0.2) is 0 Å². The number of oxime groups is 1. The standard InChI is InChI=1S/C18H23N3O4S/c1-18(2,11-20-24-4)21-16(22)17(23-3)25-13-6-7-15-12(8-13)9-14(26-5)10-19-15/h6-11,17H,1-5H3,(H,21,22). The topological polar surface area (TPSA) is 82.0 Å². The highest BCUT2D eigenvalue weighted by molar-refractivity contribution is 7.98. The van der Waals surface area contributed by atoms with Gasteiger partial charge in [-0.05, 0) is 44.4 Å². The Bertz CT molecular complexity index is 795. The first-order valence-electron chi connectivity index (χ1n) is 7.91. The van der Waals surface area contributed by atoms with Crippen LogP contribution >= 0.6 is 11.8 Å². The van der Waals surface area contributed by atoms with Gasteiger partial charge >= 0.3 is 0 Å². The summed E-state index contributed by atoms with van der Waals surface area (Å²) < 4.78 is 10.9. The highest BCUT2D eigenvalue weighted by Crippen LogP contribution is 2.24. The normalized spacial score (nSPS) is 13.0. The first kappa shape index (κ1) is 20.0. The number of hydrogen-bond donors (Lipinski definition) is 1. The van der Waals surface area contributed by atoms with Crippen molar-refractivity contribution in [2.45, 2.75) is 30.6 Å². The summed E-state index contributed by atoms with van der Waals surface area (Å²) >= 11 is 1.61. The summed E-state index contributed by atoms with van der Waals surface area (Å²) in [5, 5.41) is 7.40. The minimum atomic E-state index is -1.10. The van der Waals surface area contributed by atoms with Crippen molar-refractivity contribution in [3.8, 4) is 5.75 Å². The molecular formula is C18H23N3O4S. The fourth-order valence-electron chi connectivity index (χ4n) is 2.20. The predicted octanol–water partition coefficient (Wildman–Crippen LogP) is 2.84. The summed E-state index contributed by atoms with van der Waals surface area (Å²) in [6.45, 7) is 3.57. The molecule has 0 saturated carbocycles. The molecule has 2 aromatic rings. The van der Waals surface area contributed by atoms with Crippen LogP contribution in [0.3, 0.4) is 0 Å². The number of rotatable bonds is 8. The molecule has 1 N–H and O–H groups in total. The van der Waals surface area contributed by atoms with E-state index in [9.17, 15) is 4.79 Å². The zero-order valence-electron chi connectivity index (χ0n) is 15.5. The molecule has 0 bridgehead atoms. The van der Waals surface area contributed by atoms with Crippen molar-refractivity contribution in [3.05, 3.63) is 30.5 Å². The summed E-state index contributed by atoms with van der Waals surface area (Å²) in [7, 11) is 2.85. The van der Waals surface area contributed by atoms with Crippen LogP contribution < -0.4 is 10.1 Å². The van der Waals surface area contributed by atoms with Gasteiger partial charge < -0.3 is 19.6 Å². The monoisotopic (exact) mass is 377 g/mol. The van der Waals surface area contributed by atoms with E-state index in [-0.39, 0.29) is 0 Å². The molecule has 140 valence electrons. The molecule has 2 rings (SSSR count). The third-order valence-corrected chi connectivity index (χ3v) is 4.16. The third kappa shape index (κ3) is 5.34. The second-order valence-electron chi connectivity index (χ2n) is 6.04. The quantitative estimate of drug-likeness (QED) is 0.330. The van der Waals surface area contributed by atoms with Gasteiger partial charge in [0.2, 0.25) is 0 Å². The van der Waals surface area contributed by atoms with Crippen LogP contribution in [-0.2, 0) is 14.4 Å². The molecule has 1 unspecified atom stereocenters. The number of hydrogen-bond acceptors (Lipinski definition) is 7. The van der Waals surface area contributed by atoms with Crippen LogP contribution in [0.15, 0.2) is 40.5 Å². The molecule has 1 aromatic heterocycles. The van der Waals surface area contributed by atoms with Crippen molar-refractivity contribution < 1.29 is 19.1 Å². The number of ether oxygens (including phenoxy) is 2. The Morgan fingerprint density at radius 3 is 2.77 bits per heavy atom. The lowest BCUT2D eigenvalue weighted by atomic mass is 10.1. The molecule has 0 spiro atoms. The molecule has 7 nitrogen and oxygen atoms in total. The lowest BCUT2D eigenvalue weighted by Crippen LogP contribution is -2.51. The fraction of sp³-hybridized carbons (Fsp3) is 0.389. The van der Waals surface area contributed by atoms with Gasteiger partial charge in [-0.3, -0.25) is 9.78 Å². The molecule has 1 heterocycles. The van der Waals surface area contributed by atoms with E-state index in [2.05, 4.69) is 20.3 Å². The first-order valence-corrected chi connectivity index (χ1v) is 9.14. The molecule has 0 radical (unpaired) electrons. The van der Waals surface area contributed by atoms with Gasteiger partial charge in [0, 0.05) is 23.6 Å². The van der Waals surface area contributed by atoms with Gasteiger partial charge in [0.15, 0.2) is 0 Å². The van der Waals surface area contributed by atoms with Crippen LogP contribution in [0.5, 0.6) is 5.75 Å². The Morgan fingerprint density at radius 1 is 1.35 bits per heavy atom. The Balaban J connectivity index is 2.14. The van der Waals surface area contributed by atoms with Crippen molar-refractivity contribution in [2.24, 2.45) is 5.16 Å². The number of amides is 1. The van der Waals surface area contributed by atoms with Crippen LogP contribution in [0.2, 0.25) is 0 Å². The number of carbonyl (C=O) groups excluding carboxylic acids is 1. The van der Waals surface area contributed by atoms with Gasteiger partial charge in [-0.15, -0.1) is 11.8 Å². The minimum absolute atomic E-state index is 0.420. The number of pyridine rings is 1.